The van der Waals surface area contributed by atoms with Crippen LogP contribution in [-0.4, -0.2) is 17.4 Å². The van der Waals surface area contributed by atoms with Crippen LogP contribution in [0.1, 0.15) is 16.7 Å². The van der Waals surface area contributed by atoms with Crippen LogP contribution in [0.2, 0.25) is 0 Å². The van der Waals surface area contributed by atoms with E-state index in [1.54, 1.807) is 19.1 Å². The summed E-state index contributed by atoms with van der Waals surface area (Å²) in [4.78, 5) is 22.5. The maximum atomic E-state index is 12.1. The van der Waals surface area contributed by atoms with Gasteiger partial charge in [-0.3, -0.25) is 14.9 Å². The SMILES string of the molecule is Cc1ccc([N+](=O)[O-])c(OCC(=O)Nc2c(C)cccc2C)c1. The fraction of sp³-hybridized carbons (Fsp3) is 0.235. The van der Waals surface area contributed by atoms with Gasteiger partial charge in [0.1, 0.15) is 0 Å². The lowest BCUT2D eigenvalue weighted by atomic mass is 10.1. The van der Waals surface area contributed by atoms with E-state index in [-0.39, 0.29) is 24.0 Å². The molecule has 0 aliphatic heterocycles. The Morgan fingerprint density at radius 2 is 1.83 bits per heavy atom. The van der Waals surface area contributed by atoms with E-state index in [4.69, 9.17) is 4.74 Å². The molecule has 2 aromatic rings. The van der Waals surface area contributed by atoms with Crippen LogP contribution in [0.4, 0.5) is 11.4 Å². The molecule has 0 bridgehead atoms. The van der Waals surface area contributed by atoms with Crippen molar-refractivity contribution in [2.75, 3.05) is 11.9 Å². The lowest BCUT2D eigenvalue weighted by Crippen LogP contribution is -2.21. The number of rotatable bonds is 5. The molecule has 120 valence electrons. The number of carbonyl (C=O) groups is 1. The highest BCUT2D eigenvalue weighted by atomic mass is 16.6. The summed E-state index contributed by atoms with van der Waals surface area (Å²) in [6, 6.07) is 10.2. The van der Waals surface area contributed by atoms with E-state index < -0.39 is 4.92 Å². The third-order valence-corrected chi connectivity index (χ3v) is 3.42. The van der Waals surface area contributed by atoms with Crippen molar-refractivity contribution >= 4 is 17.3 Å². The second-order valence-electron chi connectivity index (χ2n) is 5.33. The summed E-state index contributed by atoms with van der Waals surface area (Å²) < 4.78 is 5.34. The van der Waals surface area contributed by atoms with Gasteiger partial charge in [-0.1, -0.05) is 24.3 Å². The van der Waals surface area contributed by atoms with Crippen molar-refractivity contribution in [1.82, 2.24) is 0 Å². The first-order valence-electron chi connectivity index (χ1n) is 7.12. The summed E-state index contributed by atoms with van der Waals surface area (Å²) in [5.74, 6) is -0.273. The summed E-state index contributed by atoms with van der Waals surface area (Å²) in [5.41, 5.74) is 3.29. The number of anilines is 1. The Labute approximate surface area is 134 Å². The lowest BCUT2D eigenvalue weighted by molar-refractivity contribution is -0.385. The highest BCUT2D eigenvalue weighted by molar-refractivity contribution is 5.93. The number of carbonyl (C=O) groups excluding carboxylic acids is 1. The Hall–Kier alpha value is -2.89. The van der Waals surface area contributed by atoms with E-state index in [1.165, 1.54) is 6.07 Å². The molecule has 6 nitrogen and oxygen atoms in total. The van der Waals surface area contributed by atoms with Gasteiger partial charge < -0.3 is 10.1 Å². The van der Waals surface area contributed by atoms with E-state index in [9.17, 15) is 14.9 Å². The molecular formula is C17H18N2O4. The number of para-hydroxylation sites is 1. The van der Waals surface area contributed by atoms with Crippen molar-refractivity contribution in [2.45, 2.75) is 20.8 Å². The molecule has 23 heavy (non-hydrogen) atoms. The number of nitro groups is 1. The monoisotopic (exact) mass is 314 g/mol. The molecule has 1 amide bonds. The van der Waals surface area contributed by atoms with Crippen molar-refractivity contribution in [3.8, 4) is 5.75 Å². The molecule has 6 heteroatoms. The van der Waals surface area contributed by atoms with Crippen LogP contribution < -0.4 is 10.1 Å². The number of amides is 1. The van der Waals surface area contributed by atoms with Gasteiger partial charge in [0, 0.05) is 11.8 Å². The average Bonchev–Trinajstić information content (AvgIpc) is 2.49. The molecule has 0 aliphatic rings. The molecule has 1 N–H and O–H groups in total. The number of nitrogens with one attached hydrogen (secondary N) is 1. The lowest BCUT2D eigenvalue weighted by Gasteiger charge is -2.12. The quantitative estimate of drug-likeness (QED) is 0.676. The zero-order valence-electron chi connectivity index (χ0n) is 13.3. The molecule has 0 unspecified atom stereocenters. The Morgan fingerprint density at radius 1 is 1.17 bits per heavy atom. The Balaban J connectivity index is 2.08. The number of hydrogen-bond acceptors (Lipinski definition) is 4. The van der Waals surface area contributed by atoms with E-state index >= 15 is 0 Å². The van der Waals surface area contributed by atoms with Crippen LogP contribution in [0.25, 0.3) is 0 Å². The highest BCUT2D eigenvalue weighted by Crippen LogP contribution is 2.27. The van der Waals surface area contributed by atoms with Crippen molar-refractivity contribution in [3.63, 3.8) is 0 Å². The van der Waals surface area contributed by atoms with Gasteiger partial charge in [0.05, 0.1) is 4.92 Å². The van der Waals surface area contributed by atoms with E-state index in [0.29, 0.717) is 0 Å². The molecule has 0 saturated carbocycles. The first-order chi connectivity index (χ1) is 10.9. The second-order valence-corrected chi connectivity index (χ2v) is 5.33. The average molecular weight is 314 g/mol. The van der Waals surface area contributed by atoms with Crippen molar-refractivity contribution < 1.29 is 14.5 Å². The van der Waals surface area contributed by atoms with Gasteiger partial charge in [-0.05, 0) is 43.5 Å². The summed E-state index contributed by atoms with van der Waals surface area (Å²) >= 11 is 0. The first kappa shape index (κ1) is 16.5. The van der Waals surface area contributed by atoms with Crippen LogP contribution >= 0.6 is 0 Å². The Kier molecular flexibility index (Phi) is 4.95. The first-order valence-corrected chi connectivity index (χ1v) is 7.12. The largest absolute Gasteiger partial charge is 0.477 e. The zero-order chi connectivity index (χ0) is 17.0. The summed E-state index contributed by atoms with van der Waals surface area (Å²) in [7, 11) is 0. The standard InChI is InChI=1S/C17H18N2O4/c1-11-7-8-14(19(21)22)15(9-11)23-10-16(20)18-17-12(2)5-4-6-13(17)3/h4-9H,10H2,1-3H3,(H,18,20). The minimum Gasteiger partial charge on any atom is -0.477 e. The third kappa shape index (κ3) is 4.06. The van der Waals surface area contributed by atoms with Gasteiger partial charge in [0.2, 0.25) is 0 Å². The second kappa shape index (κ2) is 6.91. The van der Waals surface area contributed by atoms with E-state index in [2.05, 4.69) is 5.32 Å². The molecule has 0 fully saturated rings. The topological polar surface area (TPSA) is 81.5 Å². The molecule has 0 aliphatic carbocycles. The Bertz CT molecular complexity index is 736. The molecule has 2 rings (SSSR count). The van der Waals surface area contributed by atoms with Gasteiger partial charge in [0.15, 0.2) is 12.4 Å². The minimum atomic E-state index is -0.530. The van der Waals surface area contributed by atoms with Crippen molar-refractivity contribution in [3.05, 3.63) is 63.2 Å². The predicted molar refractivity (Wildman–Crippen MR) is 87.9 cm³/mol. The van der Waals surface area contributed by atoms with Crippen molar-refractivity contribution in [2.24, 2.45) is 0 Å². The van der Waals surface area contributed by atoms with Gasteiger partial charge in [0.25, 0.3) is 5.91 Å². The molecule has 0 heterocycles. The molecule has 0 radical (unpaired) electrons. The highest BCUT2D eigenvalue weighted by Gasteiger charge is 2.16. The maximum Gasteiger partial charge on any atom is 0.310 e. The van der Waals surface area contributed by atoms with Crippen LogP contribution in [0.5, 0.6) is 5.75 Å². The van der Waals surface area contributed by atoms with Gasteiger partial charge in [-0.25, -0.2) is 0 Å². The molecule has 0 saturated heterocycles. The smallest absolute Gasteiger partial charge is 0.310 e. The van der Waals surface area contributed by atoms with Crippen LogP contribution in [-0.2, 0) is 4.79 Å². The van der Waals surface area contributed by atoms with Gasteiger partial charge >= 0.3 is 5.69 Å². The Morgan fingerprint density at radius 3 is 2.43 bits per heavy atom. The molecular weight excluding hydrogens is 296 g/mol. The fourth-order valence-electron chi connectivity index (χ4n) is 2.22. The number of aryl methyl sites for hydroxylation is 3. The van der Waals surface area contributed by atoms with Crippen LogP contribution in [0.15, 0.2) is 36.4 Å². The minimum absolute atomic E-state index is 0.0895. The molecule has 0 atom stereocenters. The number of benzene rings is 2. The third-order valence-electron chi connectivity index (χ3n) is 3.42. The number of hydrogen-bond donors (Lipinski definition) is 1. The summed E-state index contributed by atoms with van der Waals surface area (Å²) in [6.45, 7) is 5.30. The van der Waals surface area contributed by atoms with E-state index in [1.807, 2.05) is 32.0 Å². The normalized spacial score (nSPS) is 10.2. The zero-order valence-corrected chi connectivity index (χ0v) is 13.3. The van der Waals surface area contributed by atoms with Crippen LogP contribution in [0, 0.1) is 30.9 Å². The fourth-order valence-corrected chi connectivity index (χ4v) is 2.22. The molecule has 0 spiro atoms. The number of ether oxygens (including phenoxy) is 1. The van der Waals surface area contributed by atoms with E-state index in [0.717, 1.165) is 22.4 Å². The summed E-state index contributed by atoms with van der Waals surface area (Å²) in [6.07, 6.45) is 0. The molecule has 2 aromatic carbocycles. The van der Waals surface area contributed by atoms with Gasteiger partial charge in [-0.2, -0.15) is 0 Å². The number of nitrogens with zero attached hydrogens (tertiary/aromatic N) is 1. The van der Waals surface area contributed by atoms with Crippen LogP contribution in [0.3, 0.4) is 0 Å². The van der Waals surface area contributed by atoms with Crippen molar-refractivity contribution in [1.29, 1.82) is 0 Å². The van der Waals surface area contributed by atoms with Gasteiger partial charge in [-0.15, -0.1) is 0 Å². The molecule has 0 aromatic heterocycles. The summed E-state index contributed by atoms with van der Waals surface area (Å²) in [5, 5.41) is 13.8. The number of nitro benzene ring substituents is 1. The predicted octanol–water partition coefficient (Wildman–Crippen LogP) is 3.54. The maximum absolute atomic E-state index is 12.1.